The van der Waals surface area contributed by atoms with E-state index in [1.807, 2.05) is 6.92 Å². The minimum absolute atomic E-state index is 0.0658. The summed E-state index contributed by atoms with van der Waals surface area (Å²) in [6.45, 7) is 3.87. The maximum atomic E-state index is 11.1. The van der Waals surface area contributed by atoms with Crippen LogP contribution in [0.2, 0.25) is 0 Å². The highest BCUT2D eigenvalue weighted by Crippen LogP contribution is 2.03. The lowest BCUT2D eigenvalue weighted by Crippen LogP contribution is -2.30. The smallest absolute Gasteiger partial charge is 0.245 e. The van der Waals surface area contributed by atoms with Gasteiger partial charge in [-0.25, -0.2) is 0 Å². The Morgan fingerprint density at radius 2 is 2.29 bits per heavy atom. The second-order valence-corrected chi connectivity index (χ2v) is 4.12. The number of carbonyl (C=O) groups excluding carboxylic acids is 1. The van der Waals surface area contributed by atoms with Crippen molar-refractivity contribution in [3.05, 3.63) is 0 Å². The van der Waals surface area contributed by atoms with Gasteiger partial charge in [-0.05, 0) is 13.3 Å². The summed E-state index contributed by atoms with van der Waals surface area (Å²) >= 11 is 3.43. The first kappa shape index (κ1) is 13.9. The summed E-state index contributed by atoms with van der Waals surface area (Å²) in [5, 5.41) is 2.76. The molecule has 0 aliphatic carbocycles. The summed E-state index contributed by atoms with van der Waals surface area (Å²) in [4.78, 5) is 11.4. The van der Waals surface area contributed by atoms with Crippen molar-refractivity contribution in [2.24, 2.45) is 0 Å². The fourth-order valence-corrected chi connectivity index (χ4v) is 1.37. The Bertz CT molecular complexity index is 155. The van der Waals surface area contributed by atoms with Gasteiger partial charge in [0, 0.05) is 25.1 Å². The predicted molar refractivity (Wildman–Crippen MR) is 58.7 cm³/mol. The average Bonchev–Trinajstić information content (AvgIpc) is 2.15. The largest absolute Gasteiger partial charge is 0.384 e. The Morgan fingerprint density at radius 1 is 1.57 bits per heavy atom. The van der Waals surface area contributed by atoms with E-state index in [1.54, 1.807) is 7.11 Å². The lowest BCUT2D eigenvalue weighted by Gasteiger charge is -2.09. The number of rotatable bonds is 8. The number of amides is 1. The molecule has 0 aliphatic heterocycles. The van der Waals surface area contributed by atoms with Crippen LogP contribution in [0.4, 0.5) is 0 Å². The second kappa shape index (κ2) is 9.43. The van der Waals surface area contributed by atoms with Crippen molar-refractivity contribution in [3.63, 3.8) is 0 Å². The molecule has 0 heterocycles. The van der Waals surface area contributed by atoms with E-state index in [9.17, 15) is 4.79 Å². The number of ether oxygens (including phenoxy) is 2. The van der Waals surface area contributed by atoms with Crippen LogP contribution in [0, 0.1) is 0 Å². The average molecular weight is 268 g/mol. The highest BCUT2D eigenvalue weighted by Gasteiger charge is 2.04. The molecule has 0 saturated heterocycles. The lowest BCUT2D eigenvalue weighted by molar-refractivity contribution is -0.125. The fourth-order valence-electron chi connectivity index (χ4n) is 0.878. The predicted octanol–water partition coefficient (Wildman–Crippen LogP) is 0.939. The topological polar surface area (TPSA) is 47.6 Å². The third-order valence-corrected chi connectivity index (χ3v) is 2.29. The van der Waals surface area contributed by atoms with E-state index in [2.05, 4.69) is 21.2 Å². The number of hydrogen-bond donors (Lipinski definition) is 1. The first-order chi connectivity index (χ1) is 6.70. The van der Waals surface area contributed by atoms with Gasteiger partial charge in [-0.3, -0.25) is 4.79 Å². The molecular weight excluding hydrogens is 250 g/mol. The third kappa shape index (κ3) is 8.47. The van der Waals surface area contributed by atoms with Crippen LogP contribution in [0.5, 0.6) is 0 Å². The van der Waals surface area contributed by atoms with E-state index in [-0.39, 0.29) is 12.5 Å². The summed E-state index contributed by atoms with van der Waals surface area (Å²) in [7, 11) is 1.65. The summed E-state index contributed by atoms with van der Waals surface area (Å²) in [6.07, 6.45) is 0.853. The first-order valence-electron chi connectivity index (χ1n) is 4.68. The zero-order valence-corrected chi connectivity index (χ0v) is 10.3. The van der Waals surface area contributed by atoms with Gasteiger partial charge in [-0.15, -0.1) is 0 Å². The zero-order chi connectivity index (χ0) is 10.8. The lowest BCUT2D eigenvalue weighted by atomic mass is 10.3. The van der Waals surface area contributed by atoms with Crippen LogP contribution in [0.15, 0.2) is 0 Å². The quantitative estimate of drug-likeness (QED) is 0.666. The van der Waals surface area contributed by atoms with Gasteiger partial charge in [0.1, 0.15) is 6.61 Å². The van der Waals surface area contributed by atoms with Gasteiger partial charge in [-0.1, -0.05) is 15.9 Å². The molecule has 0 aromatic rings. The van der Waals surface area contributed by atoms with Gasteiger partial charge >= 0.3 is 0 Å². The van der Waals surface area contributed by atoms with Crippen LogP contribution in [0.1, 0.15) is 13.3 Å². The molecule has 0 saturated carbocycles. The van der Waals surface area contributed by atoms with Crippen LogP contribution >= 0.6 is 15.9 Å². The van der Waals surface area contributed by atoms with Crippen molar-refractivity contribution < 1.29 is 14.3 Å². The summed E-state index contributed by atoms with van der Waals surface area (Å²) in [5.41, 5.74) is 0. The highest BCUT2D eigenvalue weighted by atomic mass is 79.9. The molecule has 0 radical (unpaired) electrons. The Kier molecular flexibility index (Phi) is 9.34. The molecule has 0 aromatic carbocycles. The molecule has 4 nitrogen and oxygen atoms in total. The highest BCUT2D eigenvalue weighted by molar-refractivity contribution is 9.09. The van der Waals surface area contributed by atoms with E-state index >= 15 is 0 Å². The molecule has 84 valence electrons. The number of halogens is 1. The van der Waals surface area contributed by atoms with E-state index in [0.717, 1.165) is 6.42 Å². The van der Waals surface area contributed by atoms with Crippen LogP contribution in [0.25, 0.3) is 0 Å². The maximum Gasteiger partial charge on any atom is 0.245 e. The van der Waals surface area contributed by atoms with Crippen LogP contribution in [-0.2, 0) is 14.3 Å². The van der Waals surface area contributed by atoms with Crippen LogP contribution in [0.3, 0.4) is 0 Å². The maximum absolute atomic E-state index is 11.1. The number of alkyl halides is 1. The normalized spacial score (nSPS) is 12.5. The Hall–Kier alpha value is -0.130. The standard InChI is InChI=1S/C9H18BrNO3/c1-3-14-7-9(12)11-5-4-8(10)6-13-2/h8H,3-7H2,1-2H3,(H,11,12). The van der Waals surface area contributed by atoms with Gasteiger partial charge in [0.25, 0.3) is 0 Å². The first-order valence-corrected chi connectivity index (χ1v) is 5.59. The van der Waals surface area contributed by atoms with Crippen molar-refractivity contribution in [3.8, 4) is 0 Å². The molecule has 1 unspecified atom stereocenters. The zero-order valence-electron chi connectivity index (χ0n) is 8.72. The molecule has 0 rings (SSSR count). The molecule has 0 spiro atoms. The minimum Gasteiger partial charge on any atom is -0.384 e. The Balaban J connectivity index is 3.30. The van der Waals surface area contributed by atoms with E-state index in [4.69, 9.17) is 9.47 Å². The number of hydrogen-bond acceptors (Lipinski definition) is 3. The van der Waals surface area contributed by atoms with Gasteiger partial charge in [-0.2, -0.15) is 0 Å². The molecule has 14 heavy (non-hydrogen) atoms. The van der Waals surface area contributed by atoms with Crippen molar-refractivity contribution in [1.29, 1.82) is 0 Å². The SMILES string of the molecule is CCOCC(=O)NCCC(Br)COC. The van der Waals surface area contributed by atoms with E-state index < -0.39 is 0 Å². The minimum atomic E-state index is -0.0658. The molecular formula is C9H18BrNO3. The van der Waals surface area contributed by atoms with Crippen LogP contribution < -0.4 is 5.32 Å². The molecule has 0 bridgehead atoms. The third-order valence-electron chi connectivity index (χ3n) is 1.56. The molecule has 0 aromatic heterocycles. The number of nitrogens with one attached hydrogen (secondary N) is 1. The van der Waals surface area contributed by atoms with Gasteiger partial charge in [0.2, 0.25) is 5.91 Å². The van der Waals surface area contributed by atoms with Gasteiger partial charge in [0.05, 0.1) is 6.61 Å². The van der Waals surface area contributed by atoms with E-state index in [0.29, 0.717) is 24.6 Å². The van der Waals surface area contributed by atoms with Crippen molar-refractivity contribution in [2.75, 3.05) is 33.5 Å². The second-order valence-electron chi connectivity index (χ2n) is 2.83. The number of methoxy groups -OCH3 is 1. The summed E-state index contributed by atoms with van der Waals surface area (Å²) in [6, 6.07) is 0. The molecule has 5 heteroatoms. The molecule has 1 atom stereocenters. The van der Waals surface area contributed by atoms with Crippen LogP contribution in [-0.4, -0.2) is 44.2 Å². The summed E-state index contributed by atoms with van der Waals surface area (Å²) in [5.74, 6) is -0.0658. The monoisotopic (exact) mass is 267 g/mol. The van der Waals surface area contributed by atoms with E-state index in [1.165, 1.54) is 0 Å². The van der Waals surface area contributed by atoms with Crippen molar-refractivity contribution in [2.45, 2.75) is 18.2 Å². The molecule has 0 aliphatic rings. The van der Waals surface area contributed by atoms with Gasteiger partial charge in [0.15, 0.2) is 0 Å². The molecule has 0 fully saturated rings. The Morgan fingerprint density at radius 3 is 2.86 bits per heavy atom. The number of carbonyl (C=O) groups is 1. The summed E-state index contributed by atoms with van der Waals surface area (Å²) < 4.78 is 9.89. The fraction of sp³-hybridized carbons (Fsp3) is 0.889. The molecule has 1 amide bonds. The van der Waals surface area contributed by atoms with Crippen molar-refractivity contribution >= 4 is 21.8 Å². The Labute approximate surface area is 93.5 Å². The van der Waals surface area contributed by atoms with Crippen molar-refractivity contribution in [1.82, 2.24) is 5.32 Å². The van der Waals surface area contributed by atoms with Gasteiger partial charge < -0.3 is 14.8 Å². The molecule has 1 N–H and O–H groups in total.